The molecule has 4 rings (SSSR count). The molecule has 0 bridgehead atoms. The molecule has 0 aliphatic carbocycles. The summed E-state index contributed by atoms with van der Waals surface area (Å²) < 4.78 is 9.22. The second-order valence-electron chi connectivity index (χ2n) is 5.86. The minimum atomic E-state index is -0.463. The number of carbonyl (C=O) groups is 1. The zero-order valence-corrected chi connectivity index (χ0v) is 17.1. The summed E-state index contributed by atoms with van der Waals surface area (Å²) in [5.41, 5.74) is 2.78. The zero-order valence-electron chi connectivity index (χ0n) is 14.7. The molecule has 2 amide bonds. The molecular weight excluding hydrogens is 452 g/mol. The number of methoxy groups -OCH3 is 1. The SMILES string of the molecule is CO[C@@H](C)c1c(NC(=O)Nc2cc(Br)c3ncnn3c2)cnc2cc(Cl)nn12. The van der Waals surface area contributed by atoms with E-state index in [2.05, 4.69) is 46.7 Å². The Kier molecular flexibility index (Phi) is 4.87. The van der Waals surface area contributed by atoms with Crippen LogP contribution in [0.2, 0.25) is 5.15 Å². The summed E-state index contributed by atoms with van der Waals surface area (Å²) in [6.07, 6.45) is 4.25. The molecule has 4 aromatic heterocycles. The number of ether oxygens (including phenoxy) is 1. The van der Waals surface area contributed by atoms with Crippen molar-refractivity contribution in [3.05, 3.63) is 46.2 Å². The van der Waals surface area contributed by atoms with Gasteiger partial charge in [-0.2, -0.15) is 10.2 Å². The minimum absolute atomic E-state index is 0.296. The van der Waals surface area contributed by atoms with Crippen LogP contribution in [-0.4, -0.2) is 42.3 Å². The van der Waals surface area contributed by atoms with Crippen molar-refractivity contribution in [2.45, 2.75) is 13.0 Å². The van der Waals surface area contributed by atoms with Gasteiger partial charge < -0.3 is 15.4 Å². The number of anilines is 2. The molecule has 0 aliphatic rings. The monoisotopic (exact) mass is 464 g/mol. The second-order valence-corrected chi connectivity index (χ2v) is 7.10. The largest absolute Gasteiger partial charge is 0.375 e. The number of halogens is 2. The lowest BCUT2D eigenvalue weighted by atomic mass is 10.2. The van der Waals surface area contributed by atoms with Crippen LogP contribution in [0, 0.1) is 0 Å². The summed E-state index contributed by atoms with van der Waals surface area (Å²) in [4.78, 5) is 21.0. The Balaban J connectivity index is 1.64. The normalized spacial score (nSPS) is 12.4. The number of nitrogens with zero attached hydrogens (tertiary/aromatic N) is 6. The number of amides is 2. The van der Waals surface area contributed by atoms with Crippen molar-refractivity contribution in [2.75, 3.05) is 17.7 Å². The topological polar surface area (TPSA) is 111 Å². The van der Waals surface area contributed by atoms with Gasteiger partial charge in [0, 0.05) is 13.2 Å². The number of carbonyl (C=O) groups excluding carboxylic acids is 1. The van der Waals surface area contributed by atoms with Gasteiger partial charge in [0.25, 0.3) is 0 Å². The van der Waals surface area contributed by atoms with Crippen LogP contribution in [0.4, 0.5) is 16.2 Å². The summed E-state index contributed by atoms with van der Waals surface area (Å²) >= 11 is 9.40. The molecule has 12 heteroatoms. The number of urea groups is 1. The van der Waals surface area contributed by atoms with E-state index in [9.17, 15) is 4.79 Å². The number of hydrogen-bond donors (Lipinski definition) is 2. The highest BCUT2D eigenvalue weighted by Crippen LogP contribution is 2.27. The van der Waals surface area contributed by atoms with E-state index in [0.29, 0.717) is 38.0 Å². The second kappa shape index (κ2) is 7.34. The maximum absolute atomic E-state index is 12.6. The Bertz CT molecular complexity index is 1190. The van der Waals surface area contributed by atoms with Gasteiger partial charge in [-0.15, -0.1) is 0 Å². The average molecular weight is 466 g/mol. The Hall–Kier alpha value is -2.76. The Morgan fingerprint density at radius 2 is 2.14 bits per heavy atom. The number of fused-ring (bicyclic) bond motifs is 2. The van der Waals surface area contributed by atoms with Gasteiger partial charge in [0.15, 0.2) is 16.4 Å². The van der Waals surface area contributed by atoms with Crippen LogP contribution in [0.1, 0.15) is 18.7 Å². The first kappa shape index (κ1) is 18.6. The number of pyridine rings is 1. The first-order valence-electron chi connectivity index (χ1n) is 8.10. The fraction of sp³-hybridized carbons (Fsp3) is 0.188. The molecule has 0 spiro atoms. The van der Waals surface area contributed by atoms with Crippen molar-refractivity contribution in [1.29, 1.82) is 0 Å². The van der Waals surface area contributed by atoms with Crippen molar-refractivity contribution in [1.82, 2.24) is 29.2 Å². The number of aromatic nitrogens is 6. The molecule has 0 saturated carbocycles. The van der Waals surface area contributed by atoms with Crippen LogP contribution >= 0.6 is 27.5 Å². The predicted molar refractivity (Wildman–Crippen MR) is 107 cm³/mol. The maximum Gasteiger partial charge on any atom is 0.323 e. The van der Waals surface area contributed by atoms with Gasteiger partial charge in [-0.25, -0.2) is 23.8 Å². The molecule has 0 fully saturated rings. The first-order valence-corrected chi connectivity index (χ1v) is 9.27. The molecule has 0 aliphatic heterocycles. The van der Waals surface area contributed by atoms with Gasteiger partial charge in [-0.05, 0) is 28.9 Å². The summed E-state index contributed by atoms with van der Waals surface area (Å²) in [6, 6.07) is 2.90. The summed E-state index contributed by atoms with van der Waals surface area (Å²) in [5, 5.41) is 14.1. The molecular formula is C16H14BrClN8O2. The maximum atomic E-state index is 12.6. The van der Waals surface area contributed by atoms with Gasteiger partial charge in [0.2, 0.25) is 0 Å². The third-order valence-electron chi connectivity index (χ3n) is 4.07. The van der Waals surface area contributed by atoms with Gasteiger partial charge in [-0.3, -0.25) is 0 Å². The zero-order chi connectivity index (χ0) is 19.8. The Morgan fingerprint density at radius 3 is 2.93 bits per heavy atom. The molecule has 0 radical (unpaired) electrons. The smallest absolute Gasteiger partial charge is 0.323 e. The van der Waals surface area contributed by atoms with Gasteiger partial charge in [0.1, 0.15) is 6.33 Å². The molecule has 0 saturated heterocycles. The minimum Gasteiger partial charge on any atom is -0.375 e. The Labute approximate surface area is 172 Å². The van der Waals surface area contributed by atoms with E-state index in [1.54, 1.807) is 34.5 Å². The lowest BCUT2D eigenvalue weighted by Crippen LogP contribution is -2.22. The van der Waals surface area contributed by atoms with Crippen LogP contribution in [0.25, 0.3) is 11.3 Å². The van der Waals surface area contributed by atoms with Gasteiger partial charge in [0.05, 0.1) is 40.0 Å². The van der Waals surface area contributed by atoms with Crippen LogP contribution in [0.3, 0.4) is 0 Å². The number of nitrogens with one attached hydrogen (secondary N) is 2. The highest BCUT2D eigenvalue weighted by atomic mass is 79.9. The molecule has 4 heterocycles. The highest BCUT2D eigenvalue weighted by Gasteiger charge is 2.19. The molecule has 2 N–H and O–H groups in total. The standard InChI is InChI=1S/C16H14BrClN8O2/c1-8(28-2)14-11(5-19-13-4-12(18)24-26(13)14)23-16(27)22-9-3-10(17)15-20-7-21-25(15)6-9/h3-8H,1-2H3,(H2,22,23,27)/t8-/m0/s1. The van der Waals surface area contributed by atoms with Crippen LogP contribution < -0.4 is 10.6 Å². The van der Waals surface area contributed by atoms with Crippen LogP contribution in [0.5, 0.6) is 0 Å². The van der Waals surface area contributed by atoms with Crippen molar-refractivity contribution in [2.24, 2.45) is 0 Å². The van der Waals surface area contributed by atoms with Crippen LogP contribution in [-0.2, 0) is 4.74 Å². The van der Waals surface area contributed by atoms with Crippen molar-refractivity contribution >= 4 is 56.2 Å². The highest BCUT2D eigenvalue weighted by molar-refractivity contribution is 9.10. The summed E-state index contributed by atoms with van der Waals surface area (Å²) in [7, 11) is 1.57. The fourth-order valence-corrected chi connectivity index (χ4v) is 3.47. The number of rotatable bonds is 4. The van der Waals surface area contributed by atoms with Crippen LogP contribution in [0.15, 0.2) is 35.3 Å². The number of hydrogen-bond acceptors (Lipinski definition) is 6. The van der Waals surface area contributed by atoms with Gasteiger partial charge >= 0.3 is 6.03 Å². The first-order chi connectivity index (χ1) is 13.5. The van der Waals surface area contributed by atoms with E-state index >= 15 is 0 Å². The van der Waals surface area contributed by atoms with E-state index < -0.39 is 6.03 Å². The van der Waals surface area contributed by atoms with E-state index in [-0.39, 0.29) is 6.10 Å². The van der Waals surface area contributed by atoms with E-state index in [1.807, 2.05) is 6.92 Å². The third-order valence-corrected chi connectivity index (χ3v) is 4.83. The quantitative estimate of drug-likeness (QED) is 0.477. The predicted octanol–water partition coefficient (Wildman–Crippen LogP) is 3.54. The lowest BCUT2D eigenvalue weighted by molar-refractivity contribution is 0.114. The molecule has 4 aromatic rings. The third kappa shape index (κ3) is 3.39. The molecule has 28 heavy (non-hydrogen) atoms. The van der Waals surface area contributed by atoms with E-state index in [1.165, 1.54) is 12.5 Å². The molecule has 10 nitrogen and oxygen atoms in total. The summed E-state index contributed by atoms with van der Waals surface area (Å²) in [6.45, 7) is 1.84. The molecule has 1 atom stereocenters. The van der Waals surface area contributed by atoms with E-state index in [0.717, 1.165) is 0 Å². The van der Waals surface area contributed by atoms with Crippen molar-refractivity contribution in [3.8, 4) is 0 Å². The van der Waals surface area contributed by atoms with Crippen molar-refractivity contribution in [3.63, 3.8) is 0 Å². The summed E-state index contributed by atoms with van der Waals surface area (Å²) in [5.74, 6) is 0. The molecule has 144 valence electrons. The van der Waals surface area contributed by atoms with Crippen molar-refractivity contribution < 1.29 is 9.53 Å². The Morgan fingerprint density at radius 1 is 1.32 bits per heavy atom. The fourth-order valence-electron chi connectivity index (χ4n) is 2.76. The average Bonchev–Trinajstić information content (AvgIpc) is 3.26. The van der Waals surface area contributed by atoms with E-state index in [4.69, 9.17) is 16.3 Å². The molecule has 0 unspecified atom stereocenters. The molecule has 0 aromatic carbocycles. The van der Waals surface area contributed by atoms with Gasteiger partial charge in [-0.1, -0.05) is 11.6 Å². The lowest BCUT2D eigenvalue weighted by Gasteiger charge is -2.17.